The van der Waals surface area contributed by atoms with Gasteiger partial charge in [-0.25, -0.2) is 18.0 Å². The average molecular weight is 450 g/mol. The highest BCUT2D eigenvalue weighted by molar-refractivity contribution is 5.78. The Morgan fingerprint density at radius 3 is 2.16 bits per heavy atom. The Hall–Kier alpha value is -2.59. The number of nitrogens with zero attached hydrogens (tertiary/aromatic N) is 2. The molecular weight excluding hydrogens is 427 g/mol. The van der Waals surface area contributed by atoms with E-state index in [1.165, 1.54) is 4.90 Å². The summed E-state index contributed by atoms with van der Waals surface area (Å²) in [7, 11) is 0. The number of hydrogen-bond acceptors (Lipinski definition) is 4. The molecular formula is C20H23F5N2O4. The standard InChI is InChI=1S/C20H23F5N2O4/c1-3-10(2)12-8-31-20(29)27(12)11-4-6-26(7-5-11)13(28)9-30-19-17(24)15(22)14(21)16(23)18(19)25/h10-12H,3-9H2,1-2H3. The summed E-state index contributed by atoms with van der Waals surface area (Å²) >= 11 is 0. The number of halogens is 5. The van der Waals surface area contributed by atoms with Crippen molar-refractivity contribution in [3.05, 3.63) is 29.1 Å². The first-order valence-electron chi connectivity index (χ1n) is 10.0. The van der Waals surface area contributed by atoms with Gasteiger partial charge in [0.15, 0.2) is 12.4 Å². The van der Waals surface area contributed by atoms with Crippen molar-refractivity contribution < 1.29 is 41.0 Å². The molecule has 1 aromatic carbocycles. The van der Waals surface area contributed by atoms with Gasteiger partial charge in [-0.3, -0.25) is 9.69 Å². The Bertz CT molecular complexity index is 831. The molecule has 6 nitrogen and oxygen atoms in total. The maximum Gasteiger partial charge on any atom is 0.410 e. The van der Waals surface area contributed by atoms with Crippen molar-refractivity contribution in [3.63, 3.8) is 0 Å². The molecule has 0 radical (unpaired) electrons. The number of cyclic esters (lactones) is 1. The van der Waals surface area contributed by atoms with Crippen LogP contribution in [0.2, 0.25) is 0 Å². The van der Waals surface area contributed by atoms with Gasteiger partial charge in [-0.15, -0.1) is 0 Å². The molecule has 172 valence electrons. The Kier molecular flexibility index (Phi) is 6.90. The molecule has 11 heteroatoms. The topological polar surface area (TPSA) is 59.1 Å². The monoisotopic (exact) mass is 450 g/mol. The highest BCUT2D eigenvalue weighted by Crippen LogP contribution is 2.30. The van der Waals surface area contributed by atoms with Crippen LogP contribution in [0.25, 0.3) is 0 Å². The Labute approximate surface area is 175 Å². The Morgan fingerprint density at radius 2 is 1.61 bits per heavy atom. The van der Waals surface area contributed by atoms with Crippen molar-refractivity contribution in [2.45, 2.75) is 45.2 Å². The minimum atomic E-state index is -2.30. The number of hydrogen-bond donors (Lipinski definition) is 0. The van der Waals surface area contributed by atoms with E-state index in [2.05, 4.69) is 4.74 Å². The summed E-state index contributed by atoms with van der Waals surface area (Å²) in [6.45, 7) is 4.00. The van der Waals surface area contributed by atoms with Crippen LogP contribution in [-0.2, 0) is 9.53 Å². The van der Waals surface area contributed by atoms with Gasteiger partial charge in [-0.05, 0) is 18.8 Å². The zero-order valence-corrected chi connectivity index (χ0v) is 17.1. The fraction of sp³-hybridized carbons (Fsp3) is 0.600. The molecule has 2 unspecified atom stereocenters. The van der Waals surface area contributed by atoms with Crippen LogP contribution in [0.3, 0.4) is 0 Å². The lowest BCUT2D eigenvalue weighted by molar-refractivity contribution is -0.135. The van der Waals surface area contributed by atoms with Crippen LogP contribution in [0.15, 0.2) is 0 Å². The van der Waals surface area contributed by atoms with E-state index in [0.717, 1.165) is 6.42 Å². The van der Waals surface area contributed by atoms with Gasteiger partial charge in [0.05, 0.1) is 6.04 Å². The SMILES string of the molecule is CCC(C)C1COC(=O)N1C1CCN(C(=O)COc2c(F)c(F)c(F)c(F)c2F)CC1. The summed E-state index contributed by atoms with van der Waals surface area (Å²) < 4.78 is 76.7. The molecule has 0 aliphatic carbocycles. The minimum absolute atomic E-state index is 0.0395. The smallest absolute Gasteiger partial charge is 0.410 e. The van der Waals surface area contributed by atoms with Crippen molar-refractivity contribution in [1.29, 1.82) is 0 Å². The number of piperidine rings is 1. The van der Waals surface area contributed by atoms with Crippen molar-refractivity contribution in [3.8, 4) is 5.75 Å². The van der Waals surface area contributed by atoms with E-state index >= 15 is 0 Å². The number of carbonyl (C=O) groups is 2. The van der Waals surface area contributed by atoms with Crippen molar-refractivity contribution in [1.82, 2.24) is 9.80 Å². The minimum Gasteiger partial charge on any atom is -0.477 e. The summed E-state index contributed by atoms with van der Waals surface area (Å²) in [6.07, 6.45) is 1.43. The molecule has 0 bridgehead atoms. The highest BCUT2D eigenvalue weighted by atomic mass is 19.2. The van der Waals surface area contributed by atoms with Gasteiger partial charge in [0.2, 0.25) is 29.1 Å². The first kappa shape index (κ1) is 23.1. The Balaban J connectivity index is 1.59. The van der Waals surface area contributed by atoms with Gasteiger partial charge in [-0.2, -0.15) is 8.78 Å². The van der Waals surface area contributed by atoms with E-state index in [1.807, 2.05) is 13.8 Å². The zero-order chi connectivity index (χ0) is 22.9. The van der Waals surface area contributed by atoms with Gasteiger partial charge >= 0.3 is 6.09 Å². The number of ether oxygens (including phenoxy) is 2. The third kappa shape index (κ3) is 4.40. The molecule has 0 aromatic heterocycles. The van der Waals surface area contributed by atoms with E-state index in [1.54, 1.807) is 4.90 Å². The lowest BCUT2D eigenvalue weighted by Crippen LogP contribution is -2.51. The second-order valence-electron chi connectivity index (χ2n) is 7.74. The highest BCUT2D eigenvalue weighted by Gasteiger charge is 2.41. The molecule has 0 spiro atoms. The predicted octanol–water partition coefficient (Wildman–Crippen LogP) is 3.62. The predicted molar refractivity (Wildman–Crippen MR) is 97.8 cm³/mol. The average Bonchev–Trinajstić information content (AvgIpc) is 3.17. The largest absolute Gasteiger partial charge is 0.477 e. The molecule has 2 saturated heterocycles. The van der Waals surface area contributed by atoms with Crippen LogP contribution >= 0.6 is 0 Å². The van der Waals surface area contributed by atoms with Crippen molar-refractivity contribution in [2.24, 2.45) is 5.92 Å². The van der Waals surface area contributed by atoms with Gasteiger partial charge in [0.25, 0.3) is 5.91 Å². The first-order chi connectivity index (χ1) is 14.7. The number of rotatable bonds is 6. The van der Waals surface area contributed by atoms with Gasteiger partial charge in [0, 0.05) is 19.1 Å². The van der Waals surface area contributed by atoms with Crippen LogP contribution in [0.1, 0.15) is 33.1 Å². The summed E-state index contributed by atoms with van der Waals surface area (Å²) in [6, 6.07) is -0.156. The molecule has 2 heterocycles. The molecule has 31 heavy (non-hydrogen) atoms. The van der Waals surface area contributed by atoms with Crippen molar-refractivity contribution >= 4 is 12.0 Å². The number of carbonyl (C=O) groups excluding carboxylic acids is 2. The van der Waals surface area contributed by atoms with E-state index in [4.69, 9.17) is 4.74 Å². The Morgan fingerprint density at radius 1 is 1.06 bits per heavy atom. The molecule has 2 amide bonds. The van der Waals surface area contributed by atoms with Crippen LogP contribution in [0.5, 0.6) is 5.75 Å². The van der Waals surface area contributed by atoms with E-state index in [-0.39, 0.29) is 37.2 Å². The van der Waals surface area contributed by atoms with Crippen molar-refractivity contribution in [2.75, 3.05) is 26.3 Å². The van der Waals surface area contributed by atoms with E-state index in [9.17, 15) is 31.5 Å². The number of likely N-dealkylation sites (tertiary alicyclic amines) is 1. The van der Waals surface area contributed by atoms with Crippen LogP contribution in [0.4, 0.5) is 26.7 Å². The van der Waals surface area contributed by atoms with Crippen LogP contribution < -0.4 is 4.74 Å². The quantitative estimate of drug-likeness (QED) is 0.378. The summed E-state index contributed by atoms with van der Waals surface area (Å²) in [5.74, 6) is -12.8. The number of benzene rings is 1. The normalized spacial score (nSPS) is 20.7. The first-order valence-corrected chi connectivity index (χ1v) is 10.0. The van der Waals surface area contributed by atoms with Crippen LogP contribution in [-0.4, -0.2) is 60.2 Å². The summed E-state index contributed by atoms with van der Waals surface area (Å²) in [5, 5.41) is 0. The maximum absolute atomic E-state index is 13.7. The van der Waals surface area contributed by atoms with E-state index in [0.29, 0.717) is 19.4 Å². The lowest BCUT2D eigenvalue weighted by Gasteiger charge is -2.39. The summed E-state index contributed by atoms with van der Waals surface area (Å²) in [5.41, 5.74) is 0. The van der Waals surface area contributed by atoms with Gasteiger partial charge in [0.1, 0.15) is 6.61 Å². The second kappa shape index (κ2) is 9.27. The molecule has 2 fully saturated rings. The number of amides is 2. The molecule has 2 aliphatic rings. The van der Waals surface area contributed by atoms with E-state index < -0.39 is 47.3 Å². The van der Waals surface area contributed by atoms with Crippen LogP contribution in [0, 0.1) is 35.0 Å². The zero-order valence-electron chi connectivity index (χ0n) is 17.1. The fourth-order valence-corrected chi connectivity index (χ4v) is 3.91. The molecule has 1 aromatic rings. The molecule has 2 aliphatic heterocycles. The second-order valence-corrected chi connectivity index (χ2v) is 7.74. The third-order valence-corrected chi connectivity index (χ3v) is 5.97. The molecule has 0 saturated carbocycles. The third-order valence-electron chi connectivity index (χ3n) is 5.97. The lowest BCUT2D eigenvalue weighted by atomic mass is 9.95. The summed E-state index contributed by atoms with van der Waals surface area (Å²) in [4.78, 5) is 27.6. The molecule has 0 N–H and O–H groups in total. The van der Waals surface area contributed by atoms with Gasteiger partial charge < -0.3 is 14.4 Å². The fourth-order valence-electron chi connectivity index (χ4n) is 3.91. The molecule has 3 rings (SSSR count). The maximum atomic E-state index is 13.7. The van der Waals surface area contributed by atoms with Gasteiger partial charge in [-0.1, -0.05) is 20.3 Å². The molecule has 2 atom stereocenters.